The average Bonchev–Trinajstić information content (AvgIpc) is 2.36. The van der Waals surface area contributed by atoms with Gasteiger partial charge >= 0.3 is 0 Å². The van der Waals surface area contributed by atoms with Gasteiger partial charge in [-0.25, -0.2) is 8.42 Å². The number of hydrogen-bond donors (Lipinski definition) is 1. The van der Waals surface area contributed by atoms with E-state index < -0.39 is 10.0 Å². The van der Waals surface area contributed by atoms with Crippen LogP contribution in [0.4, 0.5) is 0 Å². The van der Waals surface area contributed by atoms with E-state index in [0.29, 0.717) is 18.0 Å². The van der Waals surface area contributed by atoms with Crippen molar-refractivity contribution in [1.82, 2.24) is 9.62 Å². The maximum absolute atomic E-state index is 12.6. The first-order valence-electron chi connectivity index (χ1n) is 6.70. The first-order chi connectivity index (χ1) is 9.30. The Morgan fingerprint density at radius 3 is 2.60 bits per heavy atom. The molecule has 1 aromatic carbocycles. The summed E-state index contributed by atoms with van der Waals surface area (Å²) in [7, 11) is -1.88. The molecule has 112 valence electrons. The maximum atomic E-state index is 12.6. The molecular weight excluding hydrogens is 272 g/mol. The quantitative estimate of drug-likeness (QED) is 0.786. The van der Waals surface area contributed by atoms with Crippen LogP contribution in [0.1, 0.15) is 25.0 Å². The van der Waals surface area contributed by atoms with Gasteiger partial charge in [0.2, 0.25) is 10.0 Å². The van der Waals surface area contributed by atoms with Crippen LogP contribution in [0.5, 0.6) is 0 Å². The van der Waals surface area contributed by atoms with E-state index in [9.17, 15) is 8.42 Å². The Morgan fingerprint density at radius 1 is 1.40 bits per heavy atom. The Morgan fingerprint density at radius 2 is 2.05 bits per heavy atom. The normalized spacial score (nSPS) is 11.8. The molecule has 0 spiro atoms. The fourth-order valence-corrected chi connectivity index (χ4v) is 3.52. The second kappa shape index (κ2) is 7.02. The minimum atomic E-state index is -3.47. The minimum Gasteiger partial charge on any atom is -0.313 e. The molecule has 0 amide bonds. The molecule has 4 nitrogen and oxygen atoms in total. The summed E-state index contributed by atoms with van der Waals surface area (Å²) in [4.78, 5) is 0.372. The molecule has 0 aliphatic carbocycles. The molecule has 1 rings (SSSR count). The lowest BCUT2D eigenvalue weighted by Gasteiger charge is -2.19. The van der Waals surface area contributed by atoms with E-state index >= 15 is 0 Å². The monoisotopic (exact) mass is 296 g/mol. The van der Waals surface area contributed by atoms with Crippen LogP contribution in [0.3, 0.4) is 0 Å². The van der Waals surface area contributed by atoms with Crippen molar-refractivity contribution < 1.29 is 8.42 Å². The average molecular weight is 296 g/mol. The lowest BCUT2D eigenvalue weighted by atomic mass is 10.1. The summed E-state index contributed by atoms with van der Waals surface area (Å²) in [6.07, 6.45) is 0. The fraction of sp³-hybridized carbons (Fsp3) is 0.467. The Kier molecular flexibility index (Phi) is 5.92. The minimum absolute atomic E-state index is 0.333. The van der Waals surface area contributed by atoms with Crippen LogP contribution in [-0.4, -0.2) is 32.9 Å². The van der Waals surface area contributed by atoms with Gasteiger partial charge in [-0.1, -0.05) is 31.2 Å². The van der Waals surface area contributed by atoms with E-state index in [1.807, 2.05) is 26.8 Å². The summed E-state index contributed by atoms with van der Waals surface area (Å²) in [5.41, 5.74) is 2.64. The number of sulfonamides is 1. The molecule has 0 saturated heterocycles. The number of hydrogen-bond acceptors (Lipinski definition) is 3. The summed E-state index contributed by atoms with van der Waals surface area (Å²) in [6, 6.07) is 5.41. The topological polar surface area (TPSA) is 49.4 Å². The van der Waals surface area contributed by atoms with Crippen molar-refractivity contribution in [1.29, 1.82) is 0 Å². The summed E-state index contributed by atoms with van der Waals surface area (Å²) >= 11 is 0. The molecule has 0 radical (unpaired) electrons. The van der Waals surface area contributed by atoms with E-state index in [1.165, 1.54) is 4.31 Å². The van der Waals surface area contributed by atoms with Crippen LogP contribution in [0.2, 0.25) is 0 Å². The van der Waals surface area contributed by atoms with Crippen LogP contribution in [0.15, 0.2) is 35.2 Å². The van der Waals surface area contributed by atoms with Gasteiger partial charge < -0.3 is 5.32 Å². The van der Waals surface area contributed by atoms with Crippen LogP contribution in [0, 0.1) is 6.92 Å². The molecule has 1 aromatic rings. The number of nitrogens with one attached hydrogen (secondary N) is 1. The van der Waals surface area contributed by atoms with Gasteiger partial charge in [0, 0.05) is 20.1 Å². The molecule has 0 unspecified atom stereocenters. The second-order valence-electron chi connectivity index (χ2n) is 5.04. The zero-order valence-corrected chi connectivity index (χ0v) is 13.5. The fourth-order valence-electron chi connectivity index (χ4n) is 2.02. The van der Waals surface area contributed by atoms with E-state index in [4.69, 9.17) is 0 Å². The third-order valence-electron chi connectivity index (χ3n) is 3.14. The van der Waals surface area contributed by atoms with Crippen LogP contribution >= 0.6 is 0 Å². The van der Waals surface area contributed by atoms with E-state index in [1.54, 1.807) is 19.2 Å². The van der Waals surface area contributed by atoms with E-state index in [-0.39, 0.29) is 0 Å². The Hall–Kier alpha value is -1.17. The van der Waals surface area contributed by atoms with E-state index in [2.05, 4.69) is 11.9 Å². The highest BCUT2D eigenvalue weighted by atomic mass is 32.2. The molecule has 0 heterocycles. The van der Waals surface area contributed by atoms with Crippen molar-refractivity contribution in [2.45, 2.75) is 32.2 Å². The van der Waals surface area contributed by atoms with Crippen molar-refractivity contribution in [2.75, 3.05) is 20.1 Å². The number of nitrogens with zero attached hydrogens (tertiary/aromatic N) is 1. The van der Waals surface area contributed by atoms with Crippen LogP contribution < -0.4 is 5.32 Å². The summed E-state index contributed by atoms with van der Waals surface area (Å²) in [5.74, 6) is 0. The Bertz CT molecular complexity index is 580. The lowest BCUT2D eigenvalue weighted by molar-refractivity contribution is 0.492. The van der Waals surface area contributed by atoms with Gasteiger partial charge in [-0.2, -0.15) is 4.31 Å². The molecule has 20 heavy (non-hydrogen) atoms. The zero-order valence-electron chi connectivity index (χ0n) is 12.7. The molecule has 0 fully saturated rings. The molecule has 0 atom stereocenters. The lowest BCUT2D eigenvalue weighted by Crippen LogP contribution is -2.29. The zero-order chi connectivity index (χ0) is 15.3. The molecular formula is C15H24N2O2S. The smallest absolute Gasteiger partial charge is 0.243 e. The third-order valence-corrected chi connectivity index (χ3v) is 5.09. The molecule has 1 N–H and O–H groups in total. The van der Waals surface area contributed by atoms with Crippen molar-refractivity contribution in [2.24, 2.45) is 0 Å². The third kappa shape index (κ3) is 3.91. The van der Waals surface area contributed by atoms with Gasteiger partial charge in [0.05, 0.1) is 4.90 Å². The molecule has 0 bridgehead atoms. The maximum Gasteiger partial charge on any atom is 0.243 e. The number of likely N-dealkylation sites (N-methyl/N-ethyl adjacent to an activating group) is 1. The van der Waals surface area contributed by atoms with Gasteiger partial charge in [0.1, 0.15) is 0 Å². The van der Waals surface area contributed by atoms with Gasteiger partial charge in [0.25, 0.3) is 0 Å². The van der Waals surface area contributed by atoms with Gasteiger partial charge in [-0.05, 0) is 37.6 Å². The van der Waals surface area contributed by atoms with Crippen molar-refractivity contribution in [3.8, 4) is 0 Å². The predicted molar refractivity (Wildman–Crippen MR) is 83.2 cm³/mol. The van der Waals surface area contributed by atoms with Crippen molar-refractivity contribution in [3.05, 3.63) is 41.5 Å². The van der Waals surface area contributed by atoms with Crippen molar-refractivity contribution >= 4 is 10.0 Å². The SMILES string of the molecule is C=C(C)CN(C)S(=O)(=O)c1cccc(CNCC)c1C. The summed E-state index contributed by atoms with van der Waals surface area (Å²) in [5, 5.41) is 3.22. The highest BCUT2D eigenvalue weighted by molar-refractivity contribution is 7.89. The van der Waals surface area contributed by atoms with Gasteiger partial charge in [-0.15, -0.1) is 0 Å². The standard InChI is InChI=1S/C15H24N2O2S/c1-6-16-10-14-8-7-9-15(13(14)4)20(18,19)17(5)11-12(2)3/h7-9,16H,2,6,10-11H2,1,3-5H3. The molecule has 0 aliphatic rings. The van der Waals surface area contributed by atoms with Crippen LogP contribution in [0.25, 0.3) is 0 Å². The number of rotatable bonds is 7. The summed E-state index contributed by atoms with van der Waals surface area (Å²) < 4.78 is 26.5. The molecule has 5 heteroatoms. The van der Waals surface area contributed by atoms with Crippen LogP contribution in [-0.2, 0) is 16.6 Å². The number of benzene rings is 1. The Labute approximate surface area is 122 Å². The molecule has 0 saturated carbocycles. The highest BCUT2D eigenvalue weighted by Crippen LogP contribution is 2.22. The van der Waals surface area contributed by atoms with Gasteiger partial charge in [0.15, 0.2) is 0 Å². The highest BCUT2D eigenvalue weighted by Gasteiger charge is 2.23. The van der Waals surface area contributed by atoms with Gasteiger partial charge in [-0.3, -0.25) is 0 Å². The van der Waals surface area contributed by atoms with E-state index in [0.717, 1.165) is 23.2 Å². The first-order valence-corrected chi connectivity index (χ1v) is 8.14. The first kappa shape index (κ1) is 16.9. The molecule has 0 aliphatic heterocycles. The Balaban J connectivity index is 3.15. The largest absolute Gasteiger partial charge is 0.313 e. The second-order valence-corrected chi connectivity index (χ2v) is 7.05. The van der Waals surface area contributed by atoms with Crippen molar-refractivity contribution in [3.63, 3.8) is 0 Å². The summed E-state index contributed by atoms with van der Waals surface area (Å²) in [6.45, 7) is 11.3. The predicted octanol–water partition coefficient (Wildman–Crippen LogP) is 2.30. The molecule has 0 aromatic heterocycles.